The molecule has 0 spiro atoms. The molecule has 0 bridgehead atoms. The van der Waals surface area contributed by atoms with E-state index in [1.165, 1.54) is 0 Å². The van der Waals surface area contributed by atoms with E-state index in [1.54, 1.807) is 14.2 Å². The predicted molar refractivity (Wildman–Crippen MR) is 106 cm³/mol. The number of hydrogen-bond acceptors (Lipinski definition) is 3. The molecule has 136 valence electrons. The second kappa shape index (κ2) is 7.62. The largest absolute Gasteiger partial charge is 0.497 e. The van der Waals surface area contributed by atoms with Crippen molar-refractivity contribution in [1.29, 1.82) is 0 Å². The van der Waals surface area contributed by atoms with E-state index in [2.05, 4.69) is 58.1 Å². The van der Waals surface area contributed by atoms with Gasteiger partial charge in [0.05, 0.1) is 20.3 Å². The van der Waals surface area contributed by atoms with Crippen LogP contribution < -0.4 is 9.47 Å². The Kier molecular flexibility index (Phi) is 5.96. The number of hydrogen-bond donors (Lipinski definition) is 0. The molecule has 2 rings (SSSR count). The summed E-state index contributed by atoms with van der Waals surface area (Å²) in [7, 11) is 1.43. The summed E-state index contributed by atoms with van der Waals surface area (Å²) in [6, 6.07) is 16.3. The van der Waals surface area contributed by atoms with Crippen LogP contribution in [0, 0.1) is 0 Å². The van der Waals surface area contributed by atoms with Crippen LogP contribution in [-0.2, 0) is 4.43 Å². The average Bonchev–Trinajstić information content (AvgIpc) is 2.59. The number of benzene rings is 2. The summed E-state index contributed by atoms with van der Waals surface area (Å²) in [4.78, 5) is 0. The highest BCUT2D eigenvalue weighted by atomic mass is 28.4. The van der Waals surface area contributed by atoms with Crippen molar-refractivity contribution >= 4 is 8.32 Å². The molecule has 0 atom stereocenters. The summed E-state index contributed by atoms with van der Waals surface area (Å²) in [6.45, 7) is 11.4. The first kappa shape index (κ1) is 19.5. The van der Waals surface area contributed by atoms with E-state index in [0.717, 1.165) is 22.6 Å². The lowest BCUT2D eigenvalue weighted by Crippen LogP contribution is -2.42. The maximum atomic E-state index is 6.78. The van der Waals surface area contributed by atoms with E-state index in [0.29, 0.717) is 0 Å². The molecule has 0 saturated heterocycles. The molecule has 0 fully saturated rings. The summed E-state index contributed by atoms with van der Waals surface area (Å²) in [5.41, 5.74) is 2.27. The first-order chi connectivity index (χ1) is 11.7. The van der Waals surface area contributed by atoms with Crippen LogP contribution in [0.25, 0.3) is 0 Å². The van der Waals surface area contributed by atoms with Gasteiger partial charge in [-0.2, -0.15) is 0 Å². The van der Waals surface area contributed by atoms with E-state index >= 15 is 0 Å². The number of ether oxygens (including phenoxy) is 2. The van der Waals surface area contributed by atoms with Crippen molar-refractivity contribution in [3.63, 3.8) is 0 Å². The summed E-state index contributed by atoms with van der Waals surface area (Å²) in [5, 5.41) is 0.143. The fraction of sp³-hybridized carbons (Fsp3) is 0.429. The third kappa shape index (κ3) is 4.64. The maximum Gasteiger partial charge on any atom is 0.193 e. The molecule has 2 aromatic carbocycles. The first-order valence-electron chi connectivity index (χ1n) is 8.63. The SMILES string of the molecule is COc1ccc(C(O[Si](C)(C)C(C)(C)C)c2ccc(OC)cc2)cc1. The molecule has 2 aromatic rings. The molecule has 25 heavy (non-hydrogen) atoms. The van der Waals surface area contributed by atoms with Crippen LogP contribution in [0.15, 0.2) is 48.5 Å². The highest BCUT2D eigenvalue weighted by Crippen LogP contribution is 2.41. The van der Waals surface area contributed by atoms with Crippen molar-refractivity contribution < 1.29 is 13.9 Å². The minimum Gasteiger partial charge on any atom is -0.497 e. The van der Waals surface area contributed by atoms with Crippen molar-refractivity contribution in [1.82, 2.24) is 0 Å². The van der Waals surface area contributed by atoms with Crippen LogP contribution in [0.4, 0.5) is 0 Å². The fourth-order valence-electron chi connectivity index (χ4n) is 2.36. The summed E-state index contributed by atoms with van der Waals surface area (Å²) < 4.78 is 17.4. The van der Waals surface area contributed by atoms with E-state index < -0.39 is 8.32 Å². The van der Waals surface area contributed by atoms with Gasteiger partial charge in [0.1, 0.15) is 11.5 Å². The van der Waals surface area contributed by atoms with Gasteiger partial charge in [-0.3, -0.25) is 0 Å². The molecule has 0 heterocycles. The highest BCUT2D eigenvalue weighted by Gasteiger charge is 2.39. The van der Waals surface area contributed by atoms with Crippen molar-refractivity contribution in [3.8, 4) is 11.5 Å². The molecule has 0 unspecified atom stereocenters. The maximum absolute atomic E-state index is 6.78. The van der Waals surface area contributed by atoms with Crippen LogP contribution in [0.1, 0.15) is 38.0 Å². The molecule has 0 radical (unpaired) electrons. The van der Waals surface area contributed by atoms with Gasteiger partial charge in [0.15, 0.2) is 8.32 Å². The Hall–Kier alpha value is -1.78. The van der Waals surface area contributed by atoms with Crippen molar-refractivity contribution in [2.45, 2.75) is 45.0 Å². The quantitative estimate of drug-likeness (QED) is 0.609. The first-order valence-corrected chi connectivity index (χ1v) is 11.5. The lowest BCUT2D eigenvalue weighted by molar-refractivity contribution is 0.222. The van der Waals surface area contributed by atoms with Gasteiger partial charge in [0.2, 0.25) is 0 Å². The minimum atomic E-state index is -1.94. The molecule has 0 amide bonds. The van der Waals surface area contributed by atoms with Gasteiger partial charge < -0.3 is 13.9 Å². The molecular weight excluding hydrogens is 328 g/mol. The average molecular weight is 359 g/mol. The zero-order valence-electron chi connectivity index (χ0n) is 16.4. The molecule has 0 aromatic heterocycles. The van der Waals surface area contributed by atoms with Crippen molar-refractivity contribution in [3.05, 3.63) is 59.7 Å². The molecule has 0 saturated carbocycles. The van der Waals surface area contributed by atoms with Crippen LogP contribution in [0.2, 0.25) is 18.1 Å². The van der Waals surface area contributed by atoms with Crippen LogP contribution in [-0.4, -0.2) is 22.5 Å². The Morgan fingerprint density at radius 3 is 1.36 bits per heavy atom. The molecule has 4 heteroatoms. The number of methoxy groups -OCH3 is 2. The molecule has 0 aliphatic heterocycles. The topological polar surface area (TPSA) is 27.7 Å². The Balaban J connectivity index is 2.42. The lowest BCUT2D eigenvalue weighted by atomic mass is 10.0. The normalized spacial score (nSPS) is 12.3. The van der Waals surface area contributed by atoms with Crippen LogP contribution in [0.5, 0.6) is 11.5 Å². The van der Waals surface area contributed by atoms with Gasteiger partial charge in [-0.05, 0) is 53.5 Å². The van der Waals surface area contributed by atoms with E-state index in [9.17, 15) is 0 Å². The third-order valence-electron chi connectivity index (χ3n) is 5.06. The molecular formula is C21H30O3Si. The summed E-state index contributed by atoms with van der Waals surface area (Å²) >= 11 is 0. The van der Waals surface area contributed by atoms with Crippen molar-refractivity contribution in [2.75, 3.05) is 14.2 Å². The van der Waals surface area contributed by atoms with Crippen LogP contribution >= 0.6 is 0 Å². The van der Waals surface area contributed by atoms with Gasteiger partial charge in [-0.25, -0.2) is 0 Å². The predicted octanol–water partition coefficient (Wildman–Crippen LogP) is 5.82. The Labute approximate surface area is 153 Å². The van der Waals surface area contributed by atoms with E-state index in [-0.39, 0.29) is 11.1 Å². The third-order valence-corrected chi connectivity index (χ3v) is 9.49. The summed E-state index contributed by atoms with van der Waals surface area (Å²) in [6.07, 6.45) is -0.0993. The van der Waals surface area contributed by atoms with E-state index in [4.69, 9.17) is 13.9 Å². The lowest BCUT2D eigenvalue weighted by Gasteiger charge is -2.39. The zero-order chi connectivity index (χ0) is 18.7. The Bertz CT molecular complexity index is 622. The van der Waals surface area contributed by atoms with Crippen LogP contribution in [0.3, 0.4) is 0 Å². The van der Waals surface area contributed by atoms with Gasteiger partial charge in [0.25, 0.3) is 0 Å². The Morgan fingerprint density at radius 1 is 0.720 bits per heavy atom. The van der Waals surface area contributed by atoms with Gasteiger partial charge >= 0.3 is 0 Å². The fourth-order valence-corrected chi connectivity index (χ4v) is 3.57. The molecule has 0 N–H and O–H groups in total. The molecule has 3 nitrogen and oxygen atoms in total. The zero-order valence-corrected chi connectivity index (χ0v) is 17.4. The highest BCUT2D eigenvalue weighted by molar-refractivity contribution is 6.74. The van der Waals surface area contributed by atoms with Gasteiger partial charge in [0, 0.05) is 0 Å². The van der Waals surface area contributed by atoms with Gasteiger partial charge in [-0.15, -0.1) is 0 Å². The number of rotatable bonds is 6. The van der Waals surface area contributed by atoms with E-state index in [1.807, 2.05) is 24.3 Å². The second-order valence-electron chi connectivity index (χ2n) is 7.80. The summed E-state index contributed by atoms with van der Waals surface area (Å²) in [5.74, 6) is 1.70. The standard InChI is InChI=1S/C21H30O3Si/c1-21(2,3)25(6,7)24-20(16-8-12-18(22-4)13-9-16)17-10-14-19(23-5)15-11-17/h8-15,20H,1-7H3. The van der Waals surface area contributed by atoms with Gasteiger partial charge in [-0.1, -0.05) is 45.0 Å². The monoisotopic (exact) mass is 358 g/mol. The second-order valence-corrected chi connectivity index (χ2v) is 12.6. The smallest absolute Gasteiger partial charge is 0.193 e. The van der Waals surface area contributed by atoms with Crippen molar-refractivity contribution in [2.24, 2.45) is 0 Å². The Morgan fingerprint density at radius 2 is 1.08 bits per heavy atom. The minimum absolute atomic E-state index is 0.0993. The molecule has 0 aliphatic rings. The molecule has 0 aliphatic carbocycles.